The maximum Gasteiger partial charge on any atom is 0.261 e. The molecule has 4 N–H and O–H groups in total. The minimum absolute atomic E-state index is 0.0523. The van der Waals surface area contributed by atoms with E-state index in [1.54, 1.807) is 13.0 Å². The van der Waals surface area contributed by atoms with Crippen molar-refractivity contribution in [2.75, 3.05) is 36.8 Å². The molecule has 0 unspecified atom stereocenters. The first-order chi connectivity index (χ1) is 14.9. The van der Waals surface area contributed by atoms with E-state index in [4.69, 9.17) is 5.73 Å². The van der Waals surface area contributed by atoms with E-state index in [0.29, 0.717) is 24.1 Å². The number of aromatic nitrogens is 3. The molecule has 0 spiro atoms. The van der Waals surface area contributed by atoms with E-state index >= 15 is 0 Å². The number of halogens is 1. The standard InChI is InChI=1S/C22H21FN6O2/c1-12(30)28-7-9-29(10-8-28)13-5-6-15-17(11-13)26-21(25-15)19-20(24)18-14(23)3-2-4-16(18)27-22(19)31/h2-6,11H,7-10H2,1H3,(H,25,26)(H3,24,27,31). The molecular weight excluding hydrogens is 399 g/mol. The fourth-order valence-corrected chi connectivity index (χ4v) is 4.16. The van der Waals surface area contributed by atoms with Crippen LogP contribution in [0.4, 0.5) is 15.8 Å². The molecule has 9 heteroatoms. The van der Waals surface area contributed by atoms with E-state index in [2.05, 4.69) is 19.9 Å². The van der Waals surface area contributed by atoms with Crippen LogP contribution < -0.4 is 16.2 Å². The second kappa shape index (κ2) is 7.12. The summed E-state index contributed by atoms with van der Waals surface area (Å²) in [6, 6.07) is 10.2. The Balaban J connectivity index is 1.54. The fraction of sp³-hybridized carbons (Fsp3) is 0.227. The Kier molecular flexibility index (Phi) is 4.39. The van der Waals surface area contributed by atoms with E-state index in [1.807, 2.05) is 23.1 Å². The van der Waals surface area contributed by atoms with E-state index < -0.39 is 11.4 Å². The highest BCUT2D eigenvalue weighted by Crippen LogP contribution is 2.30. The van der Waals surface area contributed by atoms with Crippen molar-refractivity contribution < 1.29 is 9.18 Å². The van der Waals surface area contributed by atoms with Crippen molar-refractivity contribution in [1.82, 2.24) is 19.9 Å². The zero-order valence-corrected chi connectivity index (χ0v) is 16.9. The molecule has 1 saturated heterocycles. The number of aromatic amines is 2. The van der Waals surface area contributed by atoms with Gasteiger partial charge in [-0.1, -0.05) is 6.07 Å². The number of amides is 1. The molecule has 31 heavy (non-hydrogen) atoms. The Morgan fingerprint density at radius 1 is 1.10 bits per heavy atom. The zero-order valence-electron chi connectivity index (χ0n) is 16.9. The second-order valence-corrected chi connectivity index (χ2v) is 7.69. The van der Waals surface area contributed by atoms with Gasteiger partial charge in [-0.05, 0) is 30.3 Å². The number of nitrogens with one attached hydrogen (secondary N) is 2. The predicted octanol–water partition coefficient (Wildman–Crippen LogP) is 2.46. The summed E-state index contributed by atoms with van der Waals surface area (Å²) in [5.41, 5.74) is 8.69. The molecule has 0 radical (unpaired) electrons. The quantitative estimate of drug-likeness (QED) is 0.461. The Morgan fingerprint density at radius 3 is 2.61 bits per heavy atom. The summed E-state index contributed by atoms with van der Waals surface area (Å²) >= 11 is 0. The first kappa shape index (κ1) is 19.1. The monoisotopic (exact) mass is 420 g/mol. The van der Waals surface area contributed by atoms with Crippen LogP contribution in [-0.2, 0) is 4.79 Å². The molecule has 158 valence electrons. The maximum atomic E-state index is 14.4. The number of nitrogen functional groups attached to an aromatic ring is 1. The zero-order chi connectivity index (χ0) is 21.7. The number of carbonyl (C=O) groups is 1. The Morgan fingerprint density at radius 2 is 1.87 bits per heavy atom. The molecule has 1 aliphatic rings. The van der Waals surface area contributed by atoms with Crippen LogP contribution in [0.15, 0.2) is 41.2 Å². The van der Waals surface area contributed by atoms with Gasteiger partial charge in [0.2, 0.25) is 5.91 Å². The number of imidazole rings is 1. The molecule has 8 nitrogen and oxygen atoms in total. The summed E-state index contributed by atoms with van der Waals surface area (Å²) in [5, 5.41) is 0.168. The van der Waals surface area contributed by atoms with Crippen molar-refractivity contribution in [3.05, 3.63) is 52.6 Å². The van der Waals surface area contributed by atoms with E-state index in [0.717, 1.165) is 24.3 Å². The van der Waals surface area contributed by atoms with Gasteiger partial charge in [-0.15, -0.1) is 0 Å². The third-order valence-electron chi connectivity index (χ3n) is 5.82. The number of nitrogens with zero attached hydrogens (tertiary/aromatic N) is 3. The summed E-state index contributed by atoms with van der Waals surface area (Å²) in [7, 11) is 0. The molecule has 0 saturated carbocycles. The summed E-state index contributed by atoms with van der Waals surface area (Å²) in [6.07, 6.45) is 0. The summed E-state index contributed by atoms with van der Waals surface area (Å²) in [4.78, 5) is 38.6. The average Bonchev–Trinajstić information content (AvgIpc) is 3.16. The van der Waals surface area contributed by atoms with E-state index in [1.165, 1.54) is 12.1 Å². The number of benzene rings is 2. The van der Waals surface area contributed by atoms with Gasteiger partial charge in [0.05, 0.1) is 27.6 Å². The van der Waals surface area contributed by atoms with Crippen LogP contribution in [0.3, 0.4) is 0 Å². The largest absolute Gasteiger partial charge is 0.397 e. The lowest BCUT2D eigenvalue weighted by Crippen LogP contribution is -2.48. The number of piperazine rings is 1. The maximum absolute atomic E-state index is 14.4. The molecule has 1 aliphatic heterocycles. The number of hydrogen-bond donors (Lipinski definition) is 3. The van der Waals surface area contributed by atoms with Crippen LogP contribution in [0, 0.1) is 5.82 Å². The number of pyridine rings is 1. The first-order valence-electron chi connectivity index (χ1n) is 10.0. The van der Waals surface area contributed by atoms with Crippen LogP contribution in [0.5, 0.6) is 0 Å². The Bertz CT molecular complexity index is 1380. The molecule has 4 aromatic rings. The highest BCUT2D eigenvalue weighted by atomic mass is 19.1. The van der Waals surface area contributed by atoms with Gasteiger partial charge in [0.25, 0.3) is 5.56 Å². The molecule has 2 aromatic carbocycles. The lowest BCUT2D eigenvalue weighted by Gasteiger charge is -2.35. The van der Waals surface area contributed by atoms with Crippen molar-refractivity contribution in [2.24, 2.45) is 0 Å². The van der Waals surface area contributed by atoms with Crippen molar-refractivity contribution in [1.29, 1.82) is 0 Å². The highest BCUT2D eigenvalue weighted by Gasteiger charge is 2.21. The Labute approximate surface area is 176 Å². The number of nitrogens with two attached hydrogens (primary N) is 1. The van der Waals surface area contributed by atoms with Crippen molar-refractivity contribution in [2.45, 2.75) is 6.92 Å². The van der Waals surface area contributed by atoms with Crippen LogP contribution in [-0.4, -0.2) is 51.9 Å². The molecule has 0 atom stereocenters. The van der Waals surface area contributed by atoms with Gasteiger partial charge >= 0.3 is 0 Å². The van der Waals surface area contributed by atoms with E-state index in [-0.39, 0.29) is 28.4 Å². The SMILES string of the molecule is CC(=O)N1CCN(c2ccc3nc(-c4c(N)c5c(F)cccc5[nH]c4=O)[nH]c3c2)CC1. The summed E-state index contributed by atoms with van der Waals surface area (Å²) in [6.45, 7) is 4.41. The topological polar surface area (TPSA) is 111 Å². The smallest absolute Gasteiger partial charge is 0.261 e. The molecule has 0 bridgehead atoms. The van der Waals surface area contributed by atoms with Gasteiger partial charge in [0.15, 0.2) is 0 Å². The van der Waals surface area contributed by atoms with Gasteiger partial charge < -0.3 is 25.5 Å². The lowest BCUT2D eigenvalue weighted by atomic mass is 10.1. The molecule has 5 rings (SSSR count). The number of anilines is 2. The van der Waals surface area contributed by atoms with E-state index in [9.17, 15) is 14.0 Å². The van der Waals surface area contributed by atoms with Gasteiger partial charge in [-0.3, -0.25) is 9.59 Å². The van der Waals surface area contributed by atoms with Crippen LogP contribution >= 0.6 is 0 Å². The molecular formula is C22H21FN6O2. The lowest BCUT2D eigenvalue weighted by molar-refractivity contribution is -0.129. The normalized spacial score (nSPS) is 14.5. The minimum Gasteiger partial charge on any atom is -0.397 e. The molecule has 3 heterocycles. The Hall–Kier alpha value is -3.88. The van der Waals surface area contributed by atoms with Crippen LogP contribution in [0.1, 0.15) is 6.92 Å². The number of rotatable bonds is 2. The summed E-state index contributed by atoms with van der Waals surface area (Å²) < 4.78 is 14.4. The van der Waals surface area contributed by atoms with Gasteiger partial charge in [0, 0.05) is 38.8 Å². The van der Waals surface area contributed by atoms with Gasteiger partial charge in [-0.25, -0.2) is 9.37 Å². The molecule has 1 fully saturated rings. The van der Waals surface area contributed by atoms with Crippen molar-refractivity contribution in [3.63, 3.8) is 0 Å². The third-order valence-corrected chi connectivity index (χ3v) is 5.82. The van der Waals surface area contributed by atoms with Crippen molar-refractivity contribution >= 4 is 39.2 Å². The molecule has 1 amide bonds. The highest BCUT2D eigenvalue weighted by molar-refractivity contribution is 5.98. The second-order valence-electron chi connectivity index (χ2n) is 7.69. The summed E-state index contributed by atoms with van der Waals surface area (Å²) in [5.74, 6) is -0.129. The molecule has 0 aliphatic carbocycles. The molecule has 2 aromatic heterocycles. The first-order valence-corrected chi connectivity index (χ1v) is 10.0. The van der Waals surface area contributed by atoms with Crippen LogP contribution in [0.25, 0.3) is 33.3 Å². The van der Waals surface area contributed by atoms with Gasteiger partial charge in [0.1, 0.15) is 17.2 Å². The predicted molar refractivity (Wildman–Crippen MR) is 118 cm³/mol. The average molecular weight is 420 g/mol. The number of hydrogen-bond acceptors (Lipinski definition) is 5. The number of carbonyl (C=O) groups excluding carboxylic acids is 1. The minimum atomic E-state index is -0.504. The van der Waals surface area contributed by atoms with Gasteiger partial charge in [-0.2, -0.15) is 0 Å². The van der Waals surface area contributed by atoms with Crippen molar-refractivity contribution in [3.8, 4) is 11.4 Å². The third kappa shape index (κ3) is 3.18. The number of fused-ring (bicyclic) bond motifs is 2. The number of H-pyrrole nitrogens is 2. The fourth-order valence-electron chi connectivity index (χ4n) is 4.16. The van der Waals surface area contributed by atoms with Crippen LogP contribution in [0.2, 0.25) is 0 Å².